The summed E-state index contributed by atoms with van der Waals surface area (Å²) in [5.74, 6) is 1.65. The predicted octanol–water partition coefficient (Wildman–Crippen LogP) is 5.00. The van der Waals surface area contributed by atoms with Crippen LogP contribution in [0.5, 0.6) is 5.75 Å². The van der Waals surface area contributed by atoms with Gasteiger partial charge < -0.3 is 10.1 Å². The maximum Gasteiger partial charge on any atom is 0.250 e. The van der Waals surface area contributed by atoms with Crippen LogP contribution in [0, 0.1) is 0 Å². The minimum Gasteiger partial charge on any atom is -0.497 e. The summed E-state index contributed by atoms with van der Waals surface area (Å²) in [5, 5.41) is 11.0. The van der Waals surface area contributed by atoms with Crippen LogP contribution in [0.4, 0.5) is 11.9 Å². The third-order valence-electron chi connectivity index (χ3n) is 6.13. The number of benzene rings is 3. The summed E-state index contributed by atoms with van der Waals surface area (Å²) >= 11 is 0. The first-order valence-electron chi connectivity index (χ1n) is 11.5. The fourth-order valence-corrected chi connectivity index (χ4v) is 4.33. The Hall–Kier alpha value is -4.13. The van der Waals surface area contributed by atoms with E-state index in [1.807, 2.05) is 65.3 Å². The molecule has 2 heterocycles. The van der Waals surface area contributed by atoms with Crippen molar-refractivity contribution in [3.63, 3.8) is 0 Å². The molecule has 1 aliphatic heterocycles. The standard InChI is InChI=1S/C27H27N5O2/c1-34-22-15-13-21(14-16-22)24-18-23(20-10-6-3-7-11-20)28-27-30-26(31-32(24)27)29-25(33)17-12-19-8-4-2-5-9-19/h2-11,13-16,23-24H,12,17-18H2,1H3,(H2,28,29,30,31,33)/t23-,24-/m0/s1. The van der Waals surface area contributed by atoms with Crippen molar-refractivity contribution in [2.75, 3.05) is 17.7 Å². The van der Waals surface area contributed by atoms with Gasteiger partial charge in [-0.25, -0.2) is 4.68 Å². The molecule has 0 radical (unpaired) electrons. The number of hydrogen-bond donors (Lipinski definition) is 2. The van der Waals surface area contributed by atoms with Gasteiger partial charge in [-0.05, 0) is 41.7 Å². The summed E-state index contributed by atoms with van der Waals surface area (Å²) in [6.07, 6.45) is 1.84. The molecule has 0 saturated carbocycles. The second-order valence-electron chi connectivity index (χ2n) is 8.37. The molecule has 2 atom stereocenters. The molecule has 0 spiro atoms. The zero-order chi connectivity index (χ0) is 23.3. The number of fused-ring (bicyclic) bond motifs is 1. The van der Waals surface area contributed by atoms with Gasteiger partial charge in [0.25, 0.3) is 5.95 Å². The van der Waals surface area contributed by atoms with Gasteiger partial charge in [-0.15, -0.1) is 5.10 Å². The number of aryl methyl sites for hydroxylation is 1. The van der Waals surface area contributed by atoms with Crippen LogP contribution in [-0.4, -0.2) is 27.8 Å². The van der Waals surface area contributed by atoms with Gasteiger partial charge >= 0.3 is 0 Å². The van der Waals surface area contributed by atoms with Crippen LogP contribution in [0.25, 0.3) is 0 Å². The molecule has 1 amide bonds. The number of nitrogens with zero attached hydrogens (tertiary/aromatic N) is 3. The van der Waals surface area contributed by atoms with Crippen molar-refractivity contribution >= 4 is 17.8 Å². The number of carbonyl (C=O) groups excluding carboxylic acids is 1. The number of hydrogen-bond acceptors (Lipinski definition) is 5. The Bertz CT molecular complexity index is 1240. The lowest BCUT2D eigenvalue weighted by Gasteiger charge is -2.31. The molecule has 4 aromatic rings. The van der Waals surface area contributed by atoms with Crippen LogP contribution in [0.3, 0.4) is 0 Å². The second kappa shape index (κ2) is 9.79. The van der Waals surface area contributed by atoms with Gasteiger partial charge in [0.05, 0.1) is 19.2 Å². The monoisotopic (exact) mass is 453 g/mol. The van der Waals surface area contributed by atoms with Crippen molar-refractivity contribution in [3.05, 3.63) is 102 Å². The first kappa shape index (κ1) is 21.7. The molecular weight excluding hydrogens is 426 g/mol. The van der Waals surface area contributed by atoms with Crippen molar-refractivity contribution < 1.29 is 9.53 Å². The van der Waals surface area contributed by atoms with Gasteiger partial charge in [0.1, 0.15) is 5.75 Å². The number of ether oxygens (including phenoxy) is 1. The van der Waals surface area contributed by atoms with E-state index in [0.29, 0.717) is 24.7 Å². The van der Waals surface area contributed by atoms with Gasteiger partial charge in [-0.1, -0.05) is 72.8 Å². The van der Waals surface area contributed by atoms with Crippen molar-refractivity contribution in [2.24, 2.45) is 0 Å². The fourth-order valence-electron chi connectivity index (χ4n) is 4.33. The molecule has 1 aromatic heterocycles. The molecule has 0 saturated heterocycles. The normalized spacial score (nSPS) is 16.9. The summed E-state index contributed by atoms with van der Waals surface area (Å²) in [5.41, 5.74) is 3.42. The smallest absolute Gasteiger partial charge is 0.250 e. The Balaban J connectivity index is 1.38. The van der Waals surface area contributed by atoms with E-state index < -0.39 is 0 Å². The SMILES string of the molecule is COc1ccc([C@@H]2C[C@@H](c3ccccc3)Nc3nc(NC(=O)CCc4ccccc4)nn32)cc1. The molecular formula is C27H27N5O2. The van der Waals surface area contributed by atoms with Crippen LogP contribution in [-0.2, 0) is 11.2 Å². The molecule has 0 unspecified atom stereocenters. The molecule has 7 nitrogen and oxygen atoms in total. The average Bonchev–Trinajstić information content (AvgIpc) is 3.30. The van der Waals surface area contributed by atoms with Gasteiger partial charge in [0.2, 0.25) is 11.9 Å². The van der Waals surface area contributed by atoms with E-state index in [1.54, 1.807) is 7.11 Å². The van der Waals surface area contributed by atoms with Gasteiger partial charge in [-0.3, -0.25) is 10.1 Å². The quantitative estimate of drug-likeness (QED) is 0.411. The molecule has 7 heteroatoms. The summed E-state index contributed by atoms with van der Waals surface area (Å²) in [6.45, 7) is 0. The number of nitrogens with one attached hydrogen (secondary N) is 2. The van der Waals surface area contributed by atoms with Crippen molar-refractivity contribution in [1.29, 1.82) is 0 Å². The van der Waals surface area contributed by atoms with E-state index in [2.05, 4.69) is 45.0 Å². The lowest BCUT2D eigenvalue weighted by molar-refractivity contribution is -0.116. The molecule has 0 bridgehead atoms. The Labute approximate surface area is 198 Å². The zero-order valence-corrected chi connectivity index (χ0v) is 19.0. The Morgan fingerprint density at radius 2 is 1.71 bits per heavy atom. The summed E-state index contributed by atoms with van der Waals surface area (Å²) in [7, 11) is 1.66. The topological polar surface area (TPSA) is 81.1 Å². The Morgan fingerprint density at radius 1 is 1.00 bits per heavy atom. The molecule has 172 valence electrons. The van der Waals surface area contributed by atoms with Crippen LogP contribution < -0.4 is 15.4 Å². The first-order valence-corrected chi connectivity index (χ1v) is 11.5. The summed E-state index contributed by atoms with van der Waals surface area (Å²) in [4.78, 5) is 17.2. The minimum absolute atomic E-state index is 0.0326. The third-order valence-corrected chi connectivity index (χ3v) is 6.13. The molecule has 34 heavy (non-hydrogen) atoms. The van der Waals surface area contributed by atoms with Crippen LogP contribution in [0.15, 0.2) is 84.9 Å². The number of rotatable bonds is 7. The lowest BCUT2D eigenvalue weighted by atomic mass is 9.93. The van der Waals surface area contributed by atoms with E-state index in [9.17, 15) is 4.79 Å². The van der Waals surface area contributed by atoms with Crippen molar-refractivity contribution in [2.45, 2.75) is 31.3 Å². The van der Waals surface area contributed by atoms with E-state index in [1.165, 1.54) is 5.56 Å². The minimum atomic E-state index is -0.104. The van der Waals surface area contributed by atoms with Gasteiger partial charge in [0.15, 0.2) is 0 Å². The Kier molecular flexibility index (Phi) is 6.25. The molecule has 2 N–H and O–H groups in total. The van der Waals surface area contributed by atoms with Gasteiger partial charge in [0, 0.05) is 6.42 Å². The third kappa shape index (κ3) is 4.78. The maximum atomic E-state index is 12.6. The highest BCUT2D eigenvalue weighted by molar-refractivity contribution is 5.89. The predicted molar refractivity (Wildman–Crippen MR) is 132 cm³/mol. The second-order valence-corrected chi connectivity index (χ2v) is 8.37. The molecule has 0 fully saturated rings. The Morgan fingerprint density at radius 3 is 2.41 bits per heavy atom. The summed E-state index contributed by atoms with van der Waals surface area (Å²) in [6, 6.07) is 28.4. The number of amides is 1. The van der Waals surface area contributed by atoms with E-state index in [0.717, 1.165) is 23.3 Å². The first-order chi connectivity index (χ1) is 16.7. The van der Waals surface area contributed by atoms with Crippen molar-refractivity contribution in [3.8, 4) is 5.75 Å². The van der Waals surface area contributed by atoms with E-state index in [4.69, 9.17) is 4.74 Å². The van der Waals surface area contributed by atoms with Crippen molar-refractivity contribution in [1.82, 2.24) is 14.8 Å². The van der Waals surface area contributed by atoms with Gasteiger partial charge in [-0.2, -0.15) is 4.98 Å². The molecule has 0 aliphatic carbocycles. The van der Waals surface area contributed by atoms with Crippen LogP contribution in [0.1, 0.15) is 41.6 Å². The summed E-state index contributed by atoms with van der Waals surface area (Å²) < 4.78 is 7.19. The largest absolute Gasteiger partial charge is 0.497 e. The molecule has 3 aromatic carbocycles. The average molecular weight is 454 g/mol. The number of aromatic nitrogens is 3. The van der Waals surface area contributed by atoms with E-state index >= 15 is 0 Å². The molecule has 5 rings (SSSR count). The number of carbonyl (C=O) groups is 1. The van der Waals surface area contributed by atoms with Crippen LogP contribution in [0.2, 0.25) is 0 Å². The highest BCUT2D eigenvalue weighted by atomic mass is 16.5. The van der Waals surface area contributed by atoms with Crippen LogP contribution >= 0.6 is 0 Å². The van der Waals surface area contributed by atoms with E-state index in [-0.39, 0.29) is 18.0 Å². The fraction of sp³-hybridized carbons (Fsp3) is 0.222. The highest BCUT2D eigenvalue weighted by Crippen LogP contribution is 2.38. The maximum absolute atomic E-state index is 12.6. The number of anilines is 2. The number of methoxy groups -OCH3 is 1. The highest BCUT2D eigenvalue weighted by Gasteiger charge is 2.31. The lowest BCUT2D eigenvalue weighted by Crippen LogP contribution is -2.28. The molecule has 1 aliphatic rings. The zero-order valence-electron chi connectivity index (χ0n) is 19.0.